The van der Waals surface area contributed by atoms with Crippen molar-refractivity contribution >= 4 is 11.6 Å². The number of pyridine rings is 1. The van der Waals surface area contributed by atoms with Crippen molar-refractivity contribution in [3.05, 3.63) is 23.8 Å². The van der Waals surface area contributed by atoms with Crippen LogP contribution in [0.2, 0.25) is 0 Å². The van der Waals surface area contributed by atoms with Gasteiger partial charge in [-0.05, 0) is 48.6 Å². The van der Waals surface area contributed by atoms with Crippen molar-refractivity contribution in [2.24, 2.45) is 17.3 Å². The second-order valence-corrected chi connectivity index (χ2v) is 8.64. The molecule has 2 saturated carbocycles. The summed E-state index contributed by atoms with van der Waals surface area (Å²) in [5.41, 5.74) is 1.22. The van der Waals surface area contributed by atoms with Crippen molar-refractivity contribution in [2.45, 2.75) is 45.6 Å². The van der Waals surface area contributed by atoms with Crippen molar-refractivity contribution in [1.82, 2.24) is 15.2 Å². The predicted molar refractivity (Wildman–Crippen MR) is 104 cm³/mol. The van der Waals surface area contributed by atoms with Gasteiger partial charge in [-0.2, -0.15) is 4.39 Å². The van der Waals surface area contributed by atoms with Gasteiger partial charge in [0.15, 0.2) is 0 Å². The van der Waals surface area contributed by atoms with Crippen LogP contribution in [-0.4, -0.2) is 55.1 Å². The van der Waals surface area contributed by atoms with Gasteiger partial charge in [0.05, 0.1) is 5.69 Å². The van der Waals surface area contributed by atoms with Crippen molar-refractivity contribution in [1.29, 1.82) is 0 Å². The highest BCUT2D eigenvalue weighted by atomic mass is 19.1. The Morgan fingerprint density at radius 1 is 1.33 bits per heavy atom. The number of anilines is 1. The van der Waals surface area contributed by atoms with Crippen LogP contribution in [0.1, 0.15) is 50.0 Å². The molecule has 1 saturated heterocycles. The molecule has 5 nitrogen and oxygen atoms in total. The molecule has 148 valence electrons. The molecule has 0 aromatic carbocycles. The summed E-state index contributed by atoms with van der Waals surface area (Å²) < 4.78 is 14.4. The number of aromatic nitrogens is 1. The quantitative estimate of drug-likeness (QED) is 0.805. The fourth-order valence-corrected chi connectivity index (χ4v) is 5.84. The number of halogens is 1. The molecular formula is C21H31FN4O. The Morgan fingerprint density at radius 2 is 2.07 bits per heavy atom. The minimum absolute atomic E-state index is 0.123. The Balaban J connectivity index is 1.38. The van der Waals surface area contributed by atoms with Crippen molar-refractivity contribution in [3.8, 4) is 0 Å². The summed E-state index contributed by atoms with van der Waals surface area (Å²) in [5.74, 6) is 0.872. The van der Waals surface area contributed by atoms with Crippen LogP contribution in [-0.2, 0) is 0 Å². The van der Waals surface area contributed by atoms with Crippen LogP contribution in [0.5, 0.6) is 0 Å². The van der Waals surface area contributed by atoms with Gasteiger partial charge in [0.2, 0.25) is 5.95 Å². The number of hydrogen-bond donors (Lipinski definition) is 1. The number of carbonyl (C=O) groups excluding carboxylic acids is 1. The van der Waals surface area contributed by atoms with Crippen LogP contribution in [0.25, 0.3) is 0 Å². The van der Waals surface area contributed by atoms with E-state index in [1.54, 1.807) is 12.1 Å². The number of rotatable bonds is 5. The molecule has 1 amide bonds. The highest BCUT2D eigenvalue weighted by Crippen LogP contribution is 2.70. The van der Waals surface area contributed by atoms with Crippen LogP contribution >= 0.6 is 0 Å². The first kappa shape index (κ1) is 18.7. The summed E-state index contributed by atoms with van der Waals surface area (Å²) in [6.07, 6.45) is 5.34. The molecule has 1 N–H and O–H groups in total. The molecule has 3 aliphatic rings. The van der Waals surface area contributed by atoms with Gasteiger partial charge in [0, 0.05) is 39.3 Å². The molecule has 4 unspecified atom stereocenters. The summed E-state index contributed by atoms with van der Waals surface area (Å²) in [6, 6.07) is 4.01. The molecule has 6 heteroatoms. The normalized spacial score (nSPS) is 33.0. The molecule has 0 spiro atoms. The van der Waals surface area contributed by atoms with Gasteiger partial charge in [-0.3, -0.25) is 9.69 Å². The van der Waals surface area contributed by atoms with Crippen molar-refractivity contribution < 1.29 is 9.18 Å². The lowest BCUT2D eigenvalue weighted by molar-refractivity contribution is 0.0957. The number of piperazine rings is 1. The third kappa shape index (κ3) is 3.12. The first-order valence-electron chi connectivity index (χ1n) is 10.4. The molecular weight excluding hydrogens is 343 g/mol. The Hall–Kier alpha value is -1.69. The van der Waals surface area contributed by atoms with Crippen LogP contribution < -0.4 is 10.2 Å². The number of carbonyl (C=O) groups is 1. The number of amides is 1. The maximum Gasteiger partial charge on any atom is 0.269 e. The largest absolute Gasteiger partial charge is 0.365 e. The summed E-state index contributed by atoms with van der Waals surface area (Å²) >= 11 is 0. The first-order valence-corrected chi connectivity index (χ1v) is 10.4. The number of fused-ring (bicyclic) bond motifs is 1. The Bertz CT molecular complexity index is 718. The first-order chi connectivity index (χ1) is 13.0. The lowest BCUT2D eigenvalue weighted by Crippen LogP contribution is -2.51. The predicted octanol–water partition coefficient (Wildman–Crippen LogP) is 2.92. The van der Waals surface area contributed by atoms with E-state index in [9.17, 15) is 9.18 Å². The highest BCUT2D eigenvalue weighted by molar-refractivity contribution is 5.92. The van der Waals surface area contributed by atoms with Gasteiger partial charge in [-0.25, -0.2) is 4.98 Å². The molecule has 4 rings (SSSR count). The zero-order valence-electron chi connectivity index (χ0n) is 16.7. The van der Waals surface area contributed by atoms with Crippen LogP contribution in [0.15, 0.2) is 12.1 Å². The van der Waals surface area contributed by atoms with Crippen LogP contribution in [0, 0.1) is 23.2 Å². The van der Waals surface area contributed by atoms with Crippen molar-refractivity contribution in [3.63, 3.8) is 0 Å². The number of nitrogens with zero attached hydrogens (tertiary/aromatic N) is 3. The minimum atomic E-state index is -0.553. The van der Waals surface area contributed by atoms with Gasteiger partial charge in [-0.15, -0.1) is 0 Å². The Kier molecular flexibility index (Phi) is 4.87. The summed E-state index contributed by atoms with van der Waals surface area (Å²) in [4.78, 5) is 20.2. The van der Waals surface area contributed by atoms with Crippen LogP contribution in [0.3, 0.4) is 0 Å². The molecule has 2 aliphatic carbocycles. The van der Waals surface area contributed by atoms with Gasteiger partial charge >= 0.3 is 0 Å². The van der Waals surface area contributed by atoms with E-state index in [0.29, 0.717) is 17.1 Å². The van der Waals surface area contributed by atoms with Gasteiger partial charge in [0.25, 0.3) is 5.91 Å². The minimum Gasteiger partial charge on any atom is -0.365 e. The van der Waals surface area contributed by atoms with Gasteiger partial charge in [-0.1, -0.05) is 20.3 Å². The summed E-state index contributed by atoms with van der Waals surface area (Å²) in [5, 5.41) is 2.48. The van der Waals surface area contributed by atoms with E-state index in [1.165, 1.54) is 32.7 Å². The summed E-state index contributed by atoms with van der Waals surface area (Å²) in [7, 11) is 1.52. The number of nitrogens with one attached hydrogen (secondary N) is 1. The Morgan fingerprint density at radius 3 is 2.70 bits per heavy atom. The third-order valence-corrected chi connectivity index (χ3v) is 7.34. The van der Waals surface area contributed by atoms with E-state index in [-0.39, 0.29) is 11.6 Å². The molecule has 3 fully saturated rings. The average molecular weight is 375 g/mol. The topological polar surface area (TPSA) is 48.5 Å². The second kappa shape index (κ2) is 7.04. The third-order valence-electron chi connectivity index (χ3n) is 7.34. The van der Waals surface area contributed by atoms with E-state index in [1.807, 2.05) is 0 Å². The van der Waals surface area contributed by atoms with E-state index >= 15 is 0 Å². The smallest absolute Gasteiger partial charge is 0.269 e. The maximum absolute atomic E-state index is 14.4. The molecule has 0 bridgehead atoms. The Labute approximate surface area is 161 Å². The fraction of sp³-hybridized carbons (Fsp3) is 0.714. The van der Waals surface area contributed by atoms with E-state index < -0.39 is 5.95 Å². The lowest BCUT2D eigenvalue weighted by atomic mass is 9.98. The SMILES string of the molecule is CCCC1C2C(N3CCN(c4ccc(C(=O)NC)nc4F)CC3)CCC12C. The molecule has 2 heterocycles. The standard InChI is InChI=1S/C21H31FN4O/c1-4-5-14-18-16(8-9-21(14,18)2)25-10-12-26(13-11-25)17-7-6-15(20(27)23-3)24-19(17)22/h6-7,14,16,18H,4-5,8-13H2,1-3H3,(H,23,27). The molecule has 4 atom stereocenters. The van der Waals surface area contributed by atoms with Crippen molar-refractivity contribution in [2.75, 3.05) is 38.1 Å². The van der Waals surface area contributed by atoms with Gasteiger partial charge < -0.3 is 10.2 Å². The van der Waals surface area contributed by atoms with E-state index in [0.717, 1.165) is 38.0 Å². The maximum atomic E-state index is 14.4. The highest BCUT2D eigenvalue weighted by Gasteiger charge is 2.67. The monoisotopic (exact) mass is 374 g/mol. The van der Waals surface area contributed by atoms with Gasteiger partial charge in [0.1, 0.15) is 5.69 Å². The van der Waals surface area contributed by atoms with E-state index in [2.05, 4.69) is 33.9 Å². The zero-order valence-corrected chi connectivity index (χ0v) is 16.7. The molecule has 1 aromatic rings. The lowest BCUT2D eigenvalue weighted by Gasteiger charge is -2.40. The summed E-state index contributed by atoms with van der Waals surface area (Å²) in [6.45, 7) is 8.37. The molecule has 27 heavy (non-hydrogen) atoms. The average Bonchev–Trinajstić information content (AvgIpc) is 3.07. The second-order valence-electron chi connectivity index (χ2n) is 8.64. The number of hydrogen-bond acceptors (Lipinski definition) is 4. The molecule has 1 aliphatic heterocycles. The molecule has 0 radical (unpaired) electrons. The van der Waals surface area contributed by atoms with E-state index in [4.69, 9.17) is 0 Å². The van der Waals surface area contributed by atoms with Crippen LogP contribution in [0.4, 0.5) is 10.1 Å². The zero-order chi connectivity index (χ0) is 19.2. The molecule has 1 aromatic heterocycles. The fourth-order valence-electron chi connectivity index (χ4n) is 5.84.